The molecule has 2 N–H and O–H groups in total. The van der Waals surface area contributed by atoms with Crippen molar-refractivity contribution in [3.8, 4) is 11.4 Å². The molecule has 0 aliphatic carbocycles. The summed E-state index contributed by atoms with van der Waals surface area (Å²) in [5.41, 5.74) is 4.55. The molecule has 2 aromatic rings. The fourth-order valence-corrected chi connectivity index (χ4v) is 1.36. The summed E-state index contributed by atoms with van der Waals surface area (Å²) in [7, 11) is 0. The third-order valence-electron chi connectivity index (χ3n) is 1.98. The van der Waals surface area contributed by atoms with Crippen molar-refractivity contribution < 1.29 is 17.7 Å². The molecule has 0 aliphatic rings. The molecule has 0 bridgehead atoms. The number of hydrogen-bond donors (Lipinski definition) is 1. The third kappa shape index (κ3) is 1.98. The predicted octanol–water partition coefficient (Wildman–Crippen LogP) is 2.27. The molecule has 17 heavy (non-hydrogen) atoms. The number of rotatable bonds is 2. The van der Waals surface area contributed by atoms with Gasteiger partial charge in [0.1, 0.15) is 16.7 Å². The van der Waals surface area contributed by atoms with Crippen LogP contribution in [0.4, 0.5) is 13.2 Å². The van der Waals surface area contributed by atoms with E-state index in [0.717, 1.165) is 0 Å². The zero-order valence-electron chi connectivity index (χ0n) is 8.18. The fourth-order valence-electron chi connectivity index (χ4n) is 1.21. The highest BCUT2D eigenvalue weighted by molar-refractivity contribution is 6.31. The van der Waals surface area contributed by atoms with Gasteiger partial charge >= 0.3 is 0 Å². The minimum atomic E-state index is -1.28. The summed E-state index contributed by atoms with van der Waals surface area (Å²) in [6.07, 6.45) is 0. The van der Waals surface area contributed by atoms with E-state index >= 15 is 0 Å². The number of aromatic nitrogens is 2. The molecule has 0 fully saturated rings. The lowest BCUT2D eigenvalue weighted by Crippen LogP contribution is -1.98. The van der Waals surface area contributed by atoms with E-state index in [4.69, 9.17) is 17.3 Å². The quantitative estimate of drug-likeness (QED) is 0.667. The average Bonchev–Trinajstić information content (AvgIpc) is 2.74. The summed E-state index contributed by atoms with van der Waals surface area (Å²) in [5.74, 6) is -4.03. The van der Waals surface area contributed by atoms with Crippen LogP contribution in [-0.4, -0.2) is 10.1 Å². The van der Waals surface area contributed by atoms with Crippen LogP contribution in [0.25, 0.3) is 11.4 Å². The van der Waals surface area contributed by atoms with E-state index in [2.05, 4.69) is 14.7 Å². The Morgan fingerprint density at radius 1 is 1.29 bits per heavy atom. The molecule has 0 spiro atoms. The van der Waals surface area contributed by atoms with Crippen molar-refractivity contribution in [1.82, 2.24) is 10.1 Å². The number of benzene rings is 1. The van der Waals surface area contributed by atoms with Gasteiger partial charge in [-0.15, -0.1) is 0 Å². The Morgan fingerprint density at radius 2 is 2.00 bits per heavy atom. The van der Waals surface area contributed by atoms with Crippen LogP contribution < -0.4 is 5.73 Å². The maximum absolute atomic E-state index is 13.6. The second kappa shape index (κ2) is 4.34. The van der Waals surface area contributed by atoms with Crippen LogP contribution in [0.3, 0.4) is 0 Å². The van der Waals surface area contributed by atoms with E-state index in [1.165, 1.54) is 0 Å². The summed E-state index contributed by atoms with van der Waals surface area (Å²) < 4.78 is 44.5. The smallest absolute Gasteiger partial charge is 0.240 e. The van der Waals surface area contributed by atoms with Crippen molar-refractivity contribution in [2.45, 2.75) is 6.54 Å². The van der Waals surface area contributed by atoms with E-state index in [1.54, 1.807) is 0 Å². The maximum Gasteiger partial charge on any atom is 0.240 e. The summed E-state index contributed by atoms with van der Waals surface area (Å²) in [4.78, 5) is 3.63. The van der Waals surface area contributed by atoms with Gasteiger partial charge in [-0.3, -0.25) is 0 Å². The standard InChI is InChI=1S/C9H5ClF3N3O/c10-7-4(12)1-3(11)6(8(7)13)9-15-5(2-14)17-16-9/h1H,2,14H2. The Kier molecular flexibility index (Phi) is 3.03. The van der Waals surface area contributed by atoms with Crippen LogP contribution in [0.1, 0.15) is 5.89 Å². The largest absolute Gasteiger partial charge is 0.338 e. The van der Waals surface area contributed by atoms with Gasteiger partial charge < -0.3 is 10.3 Å². The summed E-state index contributed by atoms with van der Waals surface area (Å²) in [5, 5.41) is 2.49. The first-order chi connectivity index (χ1) is 8.04. The van der Waals surface area contributed by atoms with Gasteiger partial charge in [-0.25, -0.2) is 13.2 Å². The summed E-state index contributed by atoms with van der Waals surface area (Å²) in [6, 6.07) is 0.444. The highest BCUT2D eigenvalue weighted by atomic mass is 35.5. The molecular weight excluding hydrogens is 259 g/mol. The predicted molar refractivity (Wildman–Crippen MR) is 52.5 cm³/mol. The normalized spacial score (nSPS) is 10.9. The molecule has 0 saturated heterocycles. The lowest BCUT2D eigenvalue weighted by Gasteiger charge is -2.02. The first kappa shape index (κ1) is 11.9. The zero-order valence-corrected chi connectivity index (χ0v) is 8.93. The number of nitrogens with zero attached hydrogens (tertiary/aromatic N) is 2. The molecule has 4 nitrogen and oxygen atoms in total. The van der Waals surface area contributed by atoms with E-state index in [-0.39, 0.29) is 18.3 Å². The lowest BCUT2D eigenvalue weighted by atomic mass is 10.2. The number of hydrogen-bond acceptors (Lipinski definition) is 4. The molecule has 8 heteroatoms. The summed E-state index contributed by atoms with van der Waals surface area (Å²) >= 11 is 5.32. The number of nitrogens with two attached hydrogens (primary N) is 1. The van der Waals surface area contributed by atoms with Gasteiger partial charge in [0, 0.05) is 6.07 Å². The SMILES string of the molecule is NCc1nc(-c2c(F)cc(F)c(Cl)c2F)no1. The Morgan fingerprint density at radius 3 is 2.59 bits per heavy atom. The van der Waals surface area contributed by atoms with Gasteiger partial charge in [-0.05, 0) is 0 Å². The van der Waals surface area contributed by atoms with Crippen LogP contribution in [0.5, 0.6) is 0 Å². The van der Waals surface area contributed by atoms with Crippen LogP contribution >= 0.6 is 11.6 Å². The first-order valence-electron chi connectivity index (χ1n) is 4.40. The van der Waals surface area contributed by atoms with E-state index in [9.17, 15) is 13.2 Å². The first-order valence-corrected chi connectivity index (χ1v) is 4.78. The van der Waals surface area contributed by atoms with Gasteiger partial charge in [-0.1, -0.05) is 16.8 Å². The van der Waals surface area contributed by atoms with Crippen LogP contribution in [-0.2, 0) is 6.54 Å². The van der Waals surface area contributed by atoms with E-state index in [0.29, 0.717) is 6.07 Å². The molecule has 90 valence electrons. The molecule has 0 atom stereocenters. The second-order valence-corrected chi connectivity index (χ2v) is 3.44. The number of halogens is 4. The van der Waals surface area contributed by atoms with Crippen molar-refractivity contribution in [3.63, 3.8) is 0 Å². The Labute approximate surface area is 98.2 Å². The van der Waals surface area contributed by atoms with Crippen LogP contribution in [0.2, 0.25) is 5.02 Å². The van der Waals surface area contributed by atoms with E-state index < -0.39 is 28.0 Å². The van der Waals surface area contributed by atoms with Gasteiger partial charge in [0.05, 0.1) is 12.1 Å². The highest BCUT2D eigenvalue weighted by Crippen LogP contribution is 2.30. The molecule has 1 aromatic heterocycles. The topological polar surface area (TPSA) is 64.9 Å². The zero-order chi connectivity index (χ0) is 12.6. The van der Waals surface area contributed by atoms with Crippen molar-refractivity contribution in [2.24, 2.45) is 5.73 Å². The molecule has 0 saturated carbocycles. The molecular formula is C9H5ClF3N3O. The Bertz CT molecular complexity index is 573. The molecule has 0 aliphatic heterocycles. The van der Waals surface area contributed by atoms with Crippen molar-refractivity contribution >= 4 is 11.6 Å². The van der Waals surface area contributed by atoms with Crippen molar-refractivity contribution in [1.29, 1.82) is 0 Å². The average molecular weight is 264 g/mol. The highest BCUT2D eigenvalue weighted by Gasteiger charge is 2.22. The van der Waals surface area contributed by atoms with Crippen molar-refractivity contribution in [3.05, 3.63) is 34.4 Å². The minimum absolute atomic E-state index is 0.000697. The molecule has 0 unspecified atom stereocenters. The Balaban J connectivity index is 2.62. The van der Waals surface area contributed by atoms with Crippen molar-refractivity contribution in [2.75, 3.05) is 0 Å². The molecule has 0 radical (unpaired) electrons. The molecule has 0 amide bonds. The van der Waals surface area contributed by atoms with Gasteiger partial charge in [0.15, 0.2) is 5.82 Å². The molecule has 2 rings (SSSR count). The van der Waals surface area contributed by atoms with Gasteiger partial charge in [-0.2, -0.15) is 4.98 Å². The van der Waals surface area contributed by atoms with Crippen LogP contribution in [0.15, 0.2) is 10.6 Å². The minimum Gasteiger partial charge on any atom is -0.338 e. The fraction of sp³-hybridized carbons (Fsp3) is 0.111. The Hall–Kier alpha value is -1.60. The van der Waals surface area contributed by atoms with E-state index in [1.807, 2.05) is 0 Å². The van der Waals surface area contributed by atoms with Gasteiger partial charge in [0.2, 0.25) is 11.7 Å². The molecule has 1 aromatic carbocycles. The molecule has 1 heterocycles. The monoisotopic (exact) mass is 263 g/mol. The second-order valence-electron chi connectivity index (χ2n) is 3.06. The third-order valence-corrected chi connectivity index (χ3v) is 2.33. The lowest BCUT2D eigenvalue weighted by molar-refractivity contribution is 0.380. The van der Waals surface area contributed by atoms with Crippen LogP contribution in [0, 0.1) is 17.5 Å². The summed E-state index contributed by atoms with van der Waals surface area (Å²) in [6.45, 7) is -0.0782. The van der Waals surface area contributed by atoms with Gasteiger partial charge in [0.25, 0.3) is 0 Å². The maximum atomic E-state index is 13.6.